The van der Waals surface area contributed by atoms with Crippen LogP contribution in [0, 0.1) is 5.92 Å². The molecule has 0 amide bonds. The maximum absolute atomic E-state index is 11.5. The highest BCUT2D eigenvalue weighted by atomic mass is 32.2. The summed E-state index contributed by atoms with van der Waals surface area (Å²) in [5.74, 6) is -1.91. The molecule has 0 radical (unpaired) electrons. The highest BCUT2D eigenvalue weighted by Crippen LogP contribution is 2.23. The Kier molecular flexibility index (Phi) is 4.62. The Morgan fingerprint density at radius 3 is 2.42 bits per heavy atom. The molecule has 0 aliphatic carbocycles. The van der Waals surface area contributed by atoms with E-state index in [4.69, 9.17) is 5.11 Å². The molecule has 0 bridgehead atoms. The van der Waals surface area contributed by atoms with E-state index >= 15 is 0 Å². The van der Waals surface area contributed by atoms with Crippen molar-refractivity contribution in [1.82, 2.24) is 0 Å². The Morgan fingerprint density at radius 2 is 2.08 bits per heavy atom. The molecule has 0 spiro atoms. The predicted molar refractivity (Wildman–Crippen MR) is 39.8 cm³/mol. The zero-order chi connectivity index (χ0) is 9.78. The van der Waals surface area contributed by atoms with Crippen LogP contribution in [-0.4, -0.2) is 28.8 Å². The first kappa shape index (κ1) is 11.8. The van der Waals surface area contributed by atoms with Crippen molar-refractivity contribution in [2.24, 2.45) is 5.92 Å². The second-order valence-electron chi connectivity index (χ2n) is 2.31. The van der Waals surface area contributed by atoms with E-state index in [1.807, 2.05) is 0 Å². The second kappa shape index (κ2) is 4.71. The van der Waals surface area contributed by atoms with Gasteiger partial charge in [-0.3, -0.25) is 4.79 Å². The van der Waals surface area contributed by atoms with Gasteiger partial charge in [0, 0.05) is 5.92 Å². The highest BCUT2D eigenvalue weighted by Gasteiger charge is 2.29. The fraction of sp³-hybridized carbons (Fsp3) is 0.833. The number of hydrogen-bond acceptors (Lipinski definition) is 3. The van der Waals surface area contributed by atoms with Gasteiger partial charge in [-0.05, 0) is 0 Å². The molecule has 0 aromatic heterocycles. The number of carbonyl (C=O) groups is 1. The van der Waals surface area contributed by atoms with Gasteiger partial charge in [-0.15, -0.1) is 0 Å². The number of thioether (sulfide) groups is 1. The first-order chi connectivity index (χ1) is 5.37. The summed E-state index contributed by atoms with van der Waals surface area (Å²) in [4.78, 5) is 10.7. The van der Waals surface area contributed by atoms with Crippen LogP contribution in [-0.2, 0) is 4.79 Å². The molecule has 6 heteroatoms. The number of hydrogen-bond donors (Lipinski definition) is 1. The fourth-order valence-corrected chi connectivity index (χ4v) is 1.03. The zero-order valence-electron chi connectivity index (χ0n) is 6.39. The average Bonchev–Trinajstić information content (AvgIpc) is 1.97. The Labute approximate surface area is 72.1 Å². The lowest BCUT2D eigenvalue weighted by Gasteiger charge is -2.07. The van der Waals surface area contributed by atoms with Gasteiger partial charge in [0.1, 0.15) is 0 Å². The van der Waals surface area contributed by atoms with Crippen molar-refractivity contribution in [2.75, 3.05) is 12.4 Å². The van der Waals surface area contributed by atoms with Crippen molar-refractivity contribution >= 4 is 16.9 Å². The summed E-state index contributed by atoms with van der Waals surface area (Å²) in [6.45, 7) is 0.968. The molecule has 0 aliphatic heterocycles. The van der Waals surface area contributed by atoms with Gasteiger partial charge >= 0.3 is 6.18 Å². The number of alkyl halides is 3. The molecule has 1 N–H and O–H groups in total. The van der Waals surface area contributed by atoms with Crippen molar-refractivity contribution in [3.8, 4) is 0 Å². The van der Waals surface area contributed by atoms with Crippen LogP contribution in [0.4, 0.5) is 13.2 Å². The van der Waals surface area contributed by atoms with Crippen LogP contribution in [0.2, 0.25) is 0 Å². The third kappa shape index (κ3) is 5.42. The normalized spacial score (nSPS) is 14.4. The number of rotatable bonds is 3. The van der Waals surface area contributed by atoms with Gasteiger partial charge in [0.2, 0.25) is 0 Å². The molecule has 0 rings (SSSR count). The molecule has 0 fully saturated rings. The predicted octanol–water partition coefficient (Wildman–Crippen LogP) is 1.44. The van der Waals surface area contributed by atoms with Crippen molar-refractivity contribution in [3.63, 3.8) is 0 Å². The lowest BCUT2D eigenvalue weighted by Crippen LogP contribution is -2.17. The quantitative estimate of drug-likeness (QED) is 0.752. The van der Waals surface area contributed by atoms with Crippen LogP contribution in [0.1, 0.15) is 6.92 Å². The second-order valence-corrected chi connectivity index (χ2v) is 3.29. The lowest BCUT2D eigenvalue weighted by atomic mass is 10.2. The minimum absolute atomic E-state index is 0.192. The smallest absolute Gasteiger partial charge is 0.396 e. The van der Waals surface area contributed by atoms with E-state index in [0.29, 0.717) is 0 Å². The molecule has 0 aliphatic rings. The molecular weight excluding hydrogens is 193 g/mol. The summed E-state index contributed by atoms with van der Waals surface area (Å²) in [7, 11) is 0. The summed E-state index contributed by atoms with van der Waals surface area (Å²) in [6, 6.07) is 0. The van der Waals surface area contributed by atoms with Crippen molar-refractivity contribution in [1.29, 1.82) is 0 Å². The topological polar surface area (TPSA) is 37.3 Å². The molecule has 0 saturated heterocycles. The first-order valence-electron chi connectivity index (χ1n) is 3.21. The van der Waals surface area contributed by atoms with Gasteiger partial charge < -0.3 is 5.11 Å². The van der Waals surface area contributed by atoms with E-state index in [9.17, 15) is 18.0 Å². The average molecular weight is 202 g/mol. The molecular formula is C6H9F3O2S. The fourth-order valence-electron chi connectivity index (χ4n) is 0.370. The van der Waals surface area contributed by atoms with Crippen molar-refractivity contribution < 1.29 is 23.1 Å². The number of halogens is 3. The van der Waals surface area contributed by atoms with E-state index < -0.39 is 29.6 Å². The maximum Gasteiger partial charge on any atom is 0.398 e. The summed E-state index contributed by atoms with van der Waals surface area (Å²) in [6.07, 6.45) is -4.32. The number of aliphatic hydroxyl groups excluding tert-OH is 1. The molecule has 1 atom stereocenters. The summed E-state index contributed by atoms with van der Waals surface area (Å²) in [5.41, 5.74) is 0. The summed E-state index contributed by atoms with van der Waals surface area (Å²) in [5, 5.41) is 7.79. The van der Waals surface area contributed by atoms with Crippen LogP contribution in [0.5, 0.6) is 0 Å². The SMILES string of the molecule is C[C@@H](CO)C(=O)SCC(F)(F)F. The molecule has 0 aromatic carbocycles. The first-order valence-corrected chi connectivity index (χ1v) is 4.19. The molecule has 0 aromatic rings. The third-order valence-electron chi connectivity index (χ3n) is 1.05. The number of carbonyl (C=O) groups excluding carboxylic acids is 1. The zero-order valence-corrected chi connectivity index (χ0v) is 7.21. The van der Waals surface area contributed by atoms with Gasteiger partial charge in [-0.25, -0.2) is 0 Å². The minimum Gasteiger partial charge on any atom is -0.396 e. The molecule has 0 heterocycles. The van der Waals surface area contributed by atoms with Crippen LogP contribution in [0.15, 0.2) is 0 Å². The minimum atomic E-state index is -4.32. The van der Waals surface area contributed by atoms with Crippen LogP contribution in [0.3, 0.4) is 0 Å². The summed E-state index contributed by atoms with van der Waals surface area (Å²) >= 11 is 0.192. The van der Waals surface area contributed by atoms with Crippen LogP contribution < -0.4 is 0 Å². The van der Waals surface area contributed by atoms with E-state index in [-0.39, 0.29) is 11.8 Å². The lowest BCUT2D eigenvalue weighted by molar-refractivity contribution is -0.117. The largest absolute Gasteiger partial charge is 0.398 e. The van der Waals surface area contributed by atoms with Gasteiger partial charge in [0.25, 0.3) is 0 Å². The van der Waals surface area contributed by atoms with Crippen LogP contribution in [0.25, 0.3) is 0 Å². The van der Waals surface area contributed by atoms with Crippen LogP contribution >= 0.6 is 11.8 Å². The molecule has 0 saturated carbocycles. The molecule has 72 valence electrons. The van der Waals surface area contributed by atoms with Gasteiger partial charge in [-0.2, -0.15) is 13.2 Å². The number of aliphatic hydroxyl groups is 1. The third-order valence-corrected chi connectivity index (χ3v) is 2.21. The Morgan fingerprint density at radius 1 is 1.58 bits per heavy atom. The maximum atomic E-state index is 11.5. The monoisotopic (exact) mass is 202 g/mol. The van der Waals surface area contributed by atoms with Crippen molar-refractivity contribution in [2.45, 2.75) is 13.1 Å². The van der Waals surface area contributed by atoms with E-state index in [1.165, 1.54) is 6.92 Å². The van der Waals surface area contributed by atoms with Crippen molar-refractivity contribution in [3.05, 3.63) is 0 Å². The Balaban J connectivity index is 3.72. The van der Waals surface area contributed by atoms with E-state index in [0.717, 1.165) is 0 Å². The Hall–Kier alpha value is -0.230. The Bertz CT molecular complexity index is 157. The summed E-state index contributed by atoms with van der Waals surface area (Å²) < 4.78 is 34.6. The van der Waals surface area contributed by atoms with Gasteiger partial charge in [-0.1, -0.05) is 18.7 Å². The van der Waals surface area contributed by atoms with Gasteiger partial charge in [0.05, 0.1) is 12.4 Å². The van der Waals surface area contributed by atoms with Gasteiger partial charge in [0.15, 0.2) is 5.12 Å². The standard InChI is InChI=1S/C6H9F3O2S/c1-4(2-10)5(11)12-3-6(7,8)9/h4,10H,2-3H2,1H3/t4-/m0/s1. The molecule has 0 unspecified atom stereocenters. The van der Waals surface area contributed by atoms with E-state index in [2.05, 4.69) is 0 Å². The highest BCUT2D eigenvalue weighted by molar-refractivity contribution is 8.13. The van der Waals surface area contributed by atoms with E-state index in [1.54, 1.807) is 0 Å². The molecule has 2 nitrogen and oxygen atoms in total. The molecule has 12 heavy (non-hydrogen) atoms.